The van der Waals surface area contributed by atoms with Crippen molar-refractivity contribution < 1.29 is 12.9 Å². The summed E-state index contributed by atoms with van der Waals surface area (Å²) >= 11 is 0. The molecule has 0 aliphatic heterocycles. The van der Waals surface area contributed by atoms with Gasteiger partial charge < -0.3 is 4.52 Å². The zero-order valence-corrected chi connectivity index (χ0v) is 12.7. The minimum Gasteiger partial charge on any atom is -0.332 e. The van der Waals surface area contributed by atoms with Crippen LogP contribution < -0.4 is 0 Å². The van der Waals surface area contributed by atoms with Crippen LogP contribution in [0.1, 0.15) is 5.56 Å². The molecule has 3 aromatic rings. The topological polar surface area (TPSA) is 98.8 Å². The van der Waals surface area contributed by atoms with Gasteiger partial charge in [0.05, 0.1) is 4.90 Å². The quantitative estimate of drug-likeness (QED) is 0.727. The fourth-order valence-corrected chi connectivity index (χ4v) is 2.75. The Bertz CT molecular complexity index is 935. The Morgan fingerprint density at radius 2 is 1.95 bits per heavy atom. The van der Waals surface area contributed by atoms with Gasteiger partial charge in [-0.05, 0) is 36.8 Å². The van der Waals surface area contributed by atoms with Gasteiger partial charge in [0, 0.05) is 18.6 Å². The number of nitrogens with zero attached hydrogens (tertiary/aromatic N) is 4. The third-order valence-electron chi connectivity index (χ3n) is 2.94. The van der Waals surface area contributed by atoms with E-state index in [4.69, 9.17) is 4.52 Å². The Balaban J connectivity index is 2.09. The summed E-state index contributed by atoms with van der Waals surface area (Å²) in [6, 6.07) is 6.65. The maximum atomic E-state index is 11.8. The SMILES string of the molecule is Cc1ccnc(-c2noc(-c3ncccc3S(C)(=O)=O)n2)c1. The molecular formula is C14H12N4O3S. The van der Waals surface area contributed by atoms with Crippen molar-refractivity contribution in [3.05, 3.63) is 42.2 Å². The van der Waals surface area contributed by atoms with Gasteiger partial charge in [-0.2, -0.15) is 4.98 Å². The van der Waals surface area contributed by atoms with Crippen molar-refractivity contribution in [3.63, 3.8) is 0 Å². The molecular weight excluding hydrogens is 304 g/mol. The molecule has 0 unspecified atom stereocenters. The van der Waals surface area contributed by atoms with Crippen LogP contribution in [0.15, 0.2) is 46.1 Å². The molecule has 0 spiro atoms. The zero-order chi connectivity index (χ0) is 15.7. The molecule has 0 bridgehead atoms. The molecule has 3 aromatic heterocycles. The molecule has 0 radical (unpaired) electrons. The lowest BCUT2D eigenvalue weighted by Crippen LogP contribution is -2.01. The Morgan fingerprint density at radius 3 is 2.68 bits per heavy atom. The number of aryl methyl sites for hydroxylation is 1. The molecule has 0 saturated heterocycles. The summed E-state index contributed by atoms with van der Waals surface area (Å²) in [7, 11) is -3.45. The van der Waals surface area contributed by atoms with Gasteiger partial charge in [0.2, 0.25) is 5.82 Å². The highest BCUT2D eigenvalue weighted by molar-refractivity contribution is 7.90. The lowest BCUT2D eigenvalue weighted by Gasteiger charge is -2.01. The van der Waals surface area contributed by atoms with Gasteiger partial charge in [-0.15, -0.1) is 0 Å². The van der Waals surface area contributed by atoms with E-state index in [-0.39, 0.29) is 22.3 Å². The molecule has 0 saturated carbocycles. The average Bonchev–Trinajstić information content (AvgIpc) is 2.96. The lowest BCUT2D eigenvalue weighted by molar-refractivity contribution is 0.429. The van der Waals surface area contributed by atoms with Crippen LogP contribution in [0.5, 0.6) is 0 Å². The van der Waals surface area contributed by atoms with Crippen LogP contribution in [0.4, 0.5) is 0 Å². The first-order chi connectivity index (χ1) is 10.4. The molecule has 7 nitrogen and oxygen atoms in total. The number of pyridine rings is 2. The van der Waals surface area contributed by atoms with E-state index in [1.165, 1.54) is 12.3 Å². The second kappa shape index (κ2) is 5.30. The van der Waals surface area contributed by atoms with Gasteiger partial charge in [-0.25, -0.2) is 13.4 Å². The van der Waals surface area contributed by atoms with Crippen LogP contribution in [0.3, 0.4) is 0 Å². The van der Waals surface area contributed by atoms with Crippen molar-refractivity contribution >= 4 is 9.84 Å². The van der Waals surface area contributed by atoms with E-state index >= 15 is 0 Å². The third kappa shape index (κ3) is 2.73. The van der Waals surface area contributed by atoms with Crippen molar-refractivity contribution in [2.24, 2.45) is 0 Å². The van der Waals surface area contributed by atoms with Crippen LogP contribution in [0.25, 0.3) is 23.1 Å². The van der Waals surface area contributed by atoms with Crippen molar-refractivity contribution in [3.8, 4) is 23.1 Å². The van der Waals surface area contributed by atoms with Gasteiger partial charge in [-0.3, -0.25) is 4.98 Å². The minimum absolute atomic E-state index is 0.0410. The summed E-state index contributed by atoms with van der Waals surface area (Å²) in [6.45, 7) is 1.92. The summed E-state index contributed by atoms with van der Waals surface area (Å²) in [4.78, 5) is 12.5. The van der Waals surface area contributed by atoms with Gasteiger partial charge in [0.15, 0.2) is 9.84 Å². The Morgan fingerprint density at radius 1 is 1.14 bits per heavy atom. The van der Waals surface area contributed by atoms with Crippen molar-refractivity contribution in [1.82, 2.24) is 20.1 Å². The molecule has 0 fully saturated rings. The van der Waals surface area contributed by atoms with Crippen molar-refractivity contribution in [1.29, 1.82) is 0 Å². The third-order valence-corrected chi connectivity index (χ3v) is 4.07. The van der Waals surface area contributed by atoms with E-state index < -0.39 is 9.84 Å². The highest BCUT2D eigenvalue weighted by Crippen LogP contribution is 2.25. The van der Waals surface area contributed by atoms with E-state index in [9.17, 15) is 8.42 Å². The standard InChI is InChI=1S/C14H12N4O3S/c1-9-5-7-15-10(8-9)13-17-14(21-18-13)12-11(22(2,19)20)4-3-6-16-12/h3-8H,1-2H3. The van der Waals surface area contributed by atoms with Crippen molar-refractivity contribution in [2.45, 2.75) is 11.8 Å². The number of hydrogen-bond acceptors (Lipinski definition) is 7. The van der Waals surface area contributed by atoms with Crippen LogP contribution in [-0.4, -0.2) is 34.8 Å². The molecule has 0 amide bonds. The van der Waals surface area contributed by atoms with Gasteiger partial charge in [0.1, 0.15) is 11.4 Å². The summed E-state index contributed by atoms with van der Waals surface area (Å²) in [5, 5.41) is 3.84. The predicted octanol–water partition coefficient (Wildman–Crippen LogP) is 1.91. The van der Waals surface area contributed by atoms with Crippen LogP contribution in [0.2, 0.25) is 0 Å². The molecule has 22 heavy (non-hydrogen) atoms. The average molecular weight is 316 g/mol. The highest BCUT2D eigenvalue weighted by atomic mass is 32.2. The summed E-state index contributed by atoms with van der Waals surface area (Å²) in [5.41, 5.74) is 1.69. The van der Waals surface area contributed by atoms with Crippen molar-refractivity contribution in [2.75, 3.05) is 6.26 Å². The number of hydrogen-bond donors (Lipinski definition) is 0. The molecule has 3 heterocycles. The predicted molar refractivity (Wildman–Crippen MR) is 78.6 cm³/mol. The lowest BCUT2D eigenvalue weighted by atomic mass is 10.2. The Hall–Kier alpha value is -2.61. The molecule has 0 aliphatic rings. The van der Waals surface area contributed by atoms with E-state index in [2.05, 4.69) is 20.1 Å². The molecule has 3 rings (SSSR count). The fourth-order valence-electron chi connectivity index (χ4n) is 1.93. The normalized spacial score (nSPS) is 11.5. The van der Waals surface area contributed by atoms with Crippen LogP contribution in [-0.2, 0) is 9.84 Å². The smallest absolute Gasteiger partial charge is 0.278 e. The first-order valence-electron chi connectivity index (χ1n) is 6.37. The monoisotopic (exact) mass is 316 g/mol. The summed E-state index contributed by atoms with van der Waals surface area (Å²) in [6.07, 6.45) is 4.22. The Labute approximate surface area is 127 Å². The molecule has 0 aromatic carbocycles. The van der Waals surface area contributed by atoms with E-state index in [0.29, 0.717) is 5.69 Å². The summed E-state index contributed by atoms with van der Waals surface area (Å²) < 4.78 is 28.8. The molecule has 8 heteroatoms. The first-order valence-corrected chi connectivity index (χ1v) is 8.26. The Kier molecular flexibility index (Phi) is 3.45. The maximum Gasteiger partial charge on any atom is 0.278 e. The number of rotatable bonds is 3. The van der Waals surface area contributed by atoms with Gasteiger partial charge in [-0.1, -0.05) is 5.16 Å². The zero-order valence-electron chi connectivity index (χ0n) is 11.9. The summed E-state index contributed by atoms with van der Waals surface area (Å²) in [5.74, 6) is 0.322. The van der Waals surface area contributed by atoms with Gasteiger partial charge >= 0.3 is 0 Å². The maximum absolute atomic E-state index is 11.8. The fraction of sp³-hybridized carbons (Fsp3) is 0.143. The second-order valence-electron chi connectivity index (χ2n) is 4.76. The molecule has 0 N–H and O–H groups in total. The van der Waals surface area contributed by atoms with E-state index in [0.717, 1.165) is 11.8 Å². The van der Waals surface area contributed by atoms with Gasteiger partial charge in [0.25, 0.3) is 5.89 Å². The number of aromatic nitrogens is 4. The second-order valence-corrected chi connectivity index (χ2v) is 6.75. The van der Waals surface area contributed by atoms with E-state index in [1.54, 1.807) is 12.3 Å². The van der Waals surface area contributed by atoms with Crippen LogP contribution in [0, 0.1) is 6.92 Å². The first kappa shape index (κ1) is 14.3. The largest absolute Gasteiger partial charge is 0.332 e. The molecule has 0 aliphatic carbocycles. The van der Waals surface area contributed by atoms with Crippen LogP contribution >= 0.6 is 0 Å². The molecule has 0 atom stereocenters. The molecule has 112 valence electrons. The minimum atomic E-state index is -3.45. The van der Waals surface area contributed by atoms with E-state index in [1.807, 2.05) is 19.1 Å². The highest BCUT2D eigenvalue weighted by Gasteiger charge is 2.21. The number of sulfone groups is 1.